The molecule has 0 aromatic heterocycles. The van der Waals surface area contributed by atoms with Crippen LogP contribution in [-0.2, 0) is 17.8 Å². The molecular weight excluding hydrogens is 218 g/mol. The molecule has 0 unspecified atom stereocenters. The lowest BCUT2D eigenvalue weighted by molar-refractivity contribution is -0.0165. The van der Waals surface area contributed by atoms with Crippen molar-refractivity contribution in [2.75, 3.05) is 20.4 Å². The number of hydrogen-bond donors (Lipinski definition) is 1. The van der Waals surface area contributed by atoms with Crippen molar-refractivity contribution in [3.05, 3.63) is 23.3 Å². The van der Waals surface area contributed by atoms with Crippen molar-refractivity contribution in [3.63, 3.8) is 0 Å². The topological polar surface area (TPSA) is 53.7 Å². The lowest BCUT2D eigenvalue weighted by Crippen LogP contribution is -2.12. The molecule has 0 spiro atoms. The molecule has 0 saturated heterocycles. The Morgan fingerprint density at radius 2 is 2.24 bits per heavy atom. The molecule has 0 aliphatic carbocycles. The highest BCUT2D eigenvalue weighted by Crippen LogP contribution is 2.32. The van der Waals surface area contributed by atoms with Gasteiger partial charge in [0.15, 0.2) is 6.79 Å². The van der Waals surface area contributed by atoms with E-state index in [1.54, 1.807) is 7.11 Å². The third-order valence-electron chi connectivity index (χ3n) is 2.92. The molecule has 0 bridgehead atoms. The van der Waals surface area contributed by atoms with Crippen LogP contribution in [0.3, 0.4) is 0 Å². The van der Waals surface area contributed by atoms with Crippen molar-refractivity contribution < 1.29 is 14.2 Å². The minimum Gasteiger partial charge on any atom is -0.496 e. The predicted molar refractivity (Wildman–Crippen MR) is 65.3 cm³/mol. The standard InChI is InChI=1S/C13H19NO3/c1-15-12-7-11-8-16-9-17-13(11)6-10(12)4-2-3-5-14/h6-7H,2-5,8-9,14H2,1H3. The lowest BCUT2D eigenvalue weighted by Gasteiger charge is -2.20. The van der Waals surface area contributed by atoms with Crippen molar-refractivity contribution in [2.24, 2.45) is 5.73 Å². The summed E-state index contributed by atoms with van der Waals surface area (Å²) in [4.78, 5) is 0. The second kappa shape index (κ2) is 5.89. The van der Waals surface area contributed by atoms with Gasteiger partial charge in [0, 0.05) is 5.56 Å². The van der Waals surface area contributed by atoms with Gasteiger partial charge < -0.3 is 19.9 Å². The Bertz CT molecular complexity index is 379. The first-order chi connectivity index (χ1) is 8.35. The molecule has 1 heterocycles. The number of nitrogens with two attached hydrogens (primary N) is 1. The van der Waals surface area contributed by atoms with Crippen LogP contribution in [0, 0.1) is 0 Å². The zero-order valence-electron chi connectivity index (χ0n) is 10.2. The molecule has 0 saturated carbocycles. The number of unbranched alkanes of at least 4 members (excludes halogenated alkanes) is 1. The molecule has 2 rings (SSSR count). The van der Waals surface area contributed by atoms with Gasteiger partial charge in [0.1, 0.15) is 11.5 Å². The van der Waals surface area contributed by atoms with Gasteiger partial charge >= 0.3 is 0 Å². The molecule has 1 aromatic rings. The Kier molecular flexibility index (Phi) is 4.23. The zero-order valence-corrected chi connectivity index (χ0v) is 10.2. The molecular formula is C13H19NO3. The van der Waals surface area contributed by atoms with Crippen LogP contribution in [0.2, 0.25) is 0 Å². The van der Waals surface area contributed by atoms with E-state index in [0.717, 1.165) is 42.9 Å². The first kappa shape index (κ1) is 12.2. The molecule has 2 N–H and O–H groups in total. The predicted octanol–water partition coefficient (Wildman–Crippen LogP) is 1.84. The molecule has 0 atom stereocenters. The van der Waals surface area contributed by atoms with Gasteiger partial charge in [0.05, 0.1) is 13.7 Å². The first-order valence-corrected chi connectivity index (χ1v) is 5.95. The van der Waals surface area contributed by atoms with Crippen molar-refractivity contribution in [1.82, 2.24) is 0 Å². The summed E-state index contributed by atoms with van der Waals surface area (Å²) in [6, 6.07) is 4.07. The lowest BCUT2D eigenvalue weighted by atomic mass is 10.0. The first-order valence-electron chi connectivity index (χ1n) is 5.95. The molecule has 0 radical (unpaired) electrons. The van der Waals surface area contributed by atoms with Crippen molar-refractivity contribution >= 4 is 0 Å². The van der Waals surface area contributed by atoms with E-state index in [1.807, 2.05) is 6.07 Å². The van der Waals surface area contributed by atoms with E-state index in [-0.39, 0.29) is 0 Å². The van der Waals surface area contributed by atoms with Gasteiger partial charge in [-0.2, -0.15) is 0 Å². The Labute approximate surface area is 102 Å². The van der Waals surface area contributed by atoms with Gasteiger partial charge in [0.2, 0.25) is 0 Å². The molecule has 0 amide bonds. The summed E-state index contributed by atoms with van der Waals surface area (Å²) in [5, 5.41) is 0. The zero-order chi connectivity index (χ0) is 12.1. The van der Waals surface area contributed by atoms with E-state index in [2.05, 4.69) is 6.07 Å². The second-order valence-corrected chi connectivity index (χ2v) is 4.13. The minimum absolute atomic E-state index is 0.335. The molecule has 17 heavy (non-hydrogen) atoms. The van der Waals surface area contributed by atoms with Crippen molar-refractivity contribution in [1.29, 1.82) is 0 Å². The smallest absolute Gasteiger partial charge is 0.189 e. The molecule has 1 aliphatic heterocycles. The molecule has 1 aliphatic rings. The van der Waals surface area contributed by atoms with Crippen LogP contribution < -0.4 is 15.2 Å². The second-order valence-electron chi connectivity index (χ2n) is 4.13. The van der Waals surface area contributed by atoms with Crippen molar-refractivity contribution in [2.45, 2.75) is 25.9 Å². The molecule has 1 aromatic carbocycles. The highest BCUT2D eigenvalue weighted by molar-refractivity contribution is 5.46. The SMILES string of the molecule is COc1cc2c(cc1CCCCN)OCOC2. The average molecular weight is 237 g/mol. The van der Waals surface area contributed by atoms with E-state index in [1.165, 1.54) is 5.56 Å². The maximum absolute atomic E-state index is 5.50. The van der Waals surface area contributed by atoms with E-state index >= 15 is 0 Å². The van der Waals surface area contributed by atoms with E-state index in [9.17, 15) is 0 Å². The van der Waals surface area contributed by atoms with E-state index in [4.69, 9.17) is 19.9 Å². The normalized spacial score (nSPS) is 14.0. The highest BCUT2D eigenvalue weighted by Gasteiger charge is 2.15. The number of fused-ring (bicyclic) bond motifs is 1. The Hall–Kier alpha value is -1.26. The Balaban J connectivity index is 2.17. The monoisotopic (exact) mass is 237 g/mol. The Morgan fingerprint density at radius 1 is 1.35 bits per heavy atom. The van der Waals surface area contributed by atoms with Gasteiger partial charge in [-0.3, -0.25) is 0 Å². The van der Waals surface area contributed by atoms with Crippen LogP contribution in [-0.4, -0.2) is 20.4 Å². The third kappa shape index (κ3) is 2.90. The van der Waals surface area contributed by atoms with E-state index < -0.39 is 0 Å². The summed E-state index contributed by atoms with van der Waals surface area (Å²) < 4.78 is 16.1. The van der Waals surface area contributed by atoms with Crippen LogP contribution in [0.1, 0.15) is 24.0 Å². The molecule has 4 heteroatoms. The van der Waals surface area contributed by atoms with Crippen LogP contribution in [0.4, 0.5) is 0 Å². The maximum Gasteiger partial charge on any atom is 0.189 e. The van der Waals surface area contributed by atoms with Gasteiger partial charge in [0.25, 0.3) is 0 Å². The minimum atomic E-state index is 0.335. The van der Waals surface area contributed by atoms with Crippen LogP contribution in [0.15, 0.2) is 12.1 Å². The van der Waals surface area contributed by atoms with E-state index in [0.29, 0.717) is 13.4 Å². The van der Waals surface area contributed by atoms with Gasteiger partial charge in [-0.15, -0.1) is 0 Å². The van der Waals surface area contributed by atoms with Gasteiger partial charge in [-0.25, -0.2) is 0 Å². The van der Waals surface area contributed by atoms with Crippen molar-refractivity contribution in [3.8, 4) is 11.5 Å². The fraction of sp³-hybridized carbons (Fsp3) is 0.538. The number of rotatable bonds is 5. The number of hydrogen-bond acceptors (Lipinski definition) is 4. The number of methoxy groups -OCH3 is 1. The van der Waals surface area contributed by atoms with Crippen LogP contribution in [0.25, 0.3) is 0 Å². The summed E-state index contributed by atoms with van der Waals surface area (Å²) in [6.45, 7) is 1.66. The maximum atomic E-state index is 5.50. The van der Waals surface area contributed by atoms with Crippen LogP contribution >= 0.6 is 0 Å². The summed E-state index contributed by atoms with van der Waals surface area (Å²) in [5.41, 5.74) is 7.74. The quantitative estimate of drug-likeness (QED) is 0.794. The fourth-order valence-corrected chi connectivity index (χ4v) is 1.99. The average Bonchev–Trinajstić information content (AvgIpc) is 2.38. The number of benzene rings is 1. The number of ether oxygens (including phenoxy) is 3. The summed E-state index contributed by atoms with van der Waals surface area (Å²) in [5.74, 6) is 1.83. The Morgan fingerprint density at radius 3 is 3.00 bits per heavy atom. The summed E-state index contributed by atoms with van der Waals surface area (Å²) in [6.07, 6.45) is 3.07. The number of aryl methyl sites for hydroxylation is 1. The van der Waals surface area contributed by atoms with Gasteiger partial charge in [-0.1, -0.05) is 0 Å². The van der Waals surface area contributed by atoms with Crippen LogP contribution in [0.5, 0.6) is 11.5 Å². The largest absolute Gasteiger partial charge is 0.496 e. The molecule has 4 nitrogen and oxygen atoms in total. The third-order valence-corrected chi connectivity index (χ3v) is 2.92. The molecule has 94 valence electrons. The molecule has 0 fully saturated rings. The summed E-state index contributed by atoms with van der Waals surface area (Å²) in [7, 11) is 1.69. The van der Waals surface area contributed by atoms with Gasteiger partial charge in [-0.05, 0) is 43.5 Å². The summed E-state index contributed by atoms with van der Waals surface area (Å²) >= 11 is 0. The fourth-order valence-electron chi connectivity index (χ4n) is 1.99. The highest BCUT2D eigenvalue weighted by atomic mass is 16.7.